The van der Waals surface area contributed by atoms with E-state index in [-0.39, 0.29) is 0 Å². The molecule has 150 valence electrons. The van der Waals surface area contributed by atoms with Gasteiger partial charge in [-0.15, -0.1) is 11.6 Å². The molecule has 0 saturated heterocycles. The molecule has 0 fully saturated rings. The van der Waals surface area contributed by atoms with Gasteiger partial charge in [-0.3, -0.25) is 4.90 Å². The molecule has 1 unspecified atom stereocenters. The van der Waals surface area contributed by atoms with Crippen molar-refractivity contribution in [2.75, 3.05) is 35.8 Å². The van der Waals surface area contributed by atoms with Crippen molar-refractivity contribution < 1.29 is 0 Å². The van der Waals surface area contributed by atoms with Crippen LogP contribution < -0.4 is 5.32 Å². The fourth-order valence-corrected chi connectivity index (χ4v) is 3.81. The lowest BCUT2D eigenvalue weighted by Crippen LogP contribution is -2.26. The molecule has 0 amide bonds. The van der Waals surface area contributed by atoms with E-state index in [1.54, 1.807) is 0 Å². The van der Waals surface area contributed by atoms with E-state index in [0.717, 1.165) is 42.2 Å². The minimum atomic E-state index is 0.460. The summed E-state index contributed by atoms with van der Waals surface area (Å²) in [7, 11) is 2.10. The lowest BCUT2D eigenvalue weighted by molar-refractivity contribution is 0.283. The molecular weight excluding hydrogens is 471 g/mol. The van der Waals surface area contributed by atoms with Crippen LogP contribution in [0.4, 0.5) is 5.82 Å². The highest BCUT2D eigenvalue weighted by Gasteiger charge is 2.11. The number of rotatable bonds is 13. The molecule has 1 heterocycles. The maximum absolute atomic E-state index is 5.94. The molecule has 0 aliphatic heterocycles. The summed E-state index contributed by atoms with van der Waals surface area (Å²) in [5, 5.41) is 4.65. The number of para-hydroxylation sites is 1. The third-order valence-electron chi connectivity index (χ3n) is 4.55. The topological polar surface area (TPSA) is 41.1 Å². The molecule has 4 nitrogen and oxygen atoms in total. The SMILES string of the molecule is CC(CCl)CN(C)Cc1nc(NCCCCCCCI)c2ccccc2n1. The van der Waals surface area contributed by atoms with Crippen LogP contribution >= 0.6 is 34.2 Å². The normalized spacial score (nSPS) is 12.6. The summed E-state index contributed by atoms with van der Waals surface area (Å²) in [4.78, 5) is 11.8. The molecule has 1 atom stereocenters. The van der Waals surface area contributed by atoms with E-state index in [0.29, 0.717) is 11.8 Å². The zero-order chi connectivity index (χ0) is 19.5. The molecule has 0 aliphatic rings. The van der Waals surface area contributed by atoms with Crippen molar-refractivity contribution in [1.29, 1.82) is 0 Å². The van der Waals surface area contributed by atoms with Gasteiger partial charge < -0.3 is 5.32 Å². The Labute approximate surface area is 182 Å². The van der Waals surface area contributed by atoms with Crippen molar-refractivity contribution in [3.05, 3.63) is 30.1 Å². The van der Waals surface area contributed by atoms with Gasteiger partial charge >= 0.3 is 0 Å². The number of benzene rings is 1. The smallest absolute Gasteiger partial charge is 0.145 e. The first kappa shape index (κ1) is 22.6. The quantitative estimate of drug-likeness (QED) is 0.216. The summed E-state index contributed by atoms with van der Waals surface area (Å²) >= 11 is 8.40. The molecule has 2 aromatic rings. The van der Waals surface area contributed by atoms with E-state index in [2.05, 4.69) is 65.0 Å². The zero-order valence-corrected chi connectivity index (χ0v) is 19.5. The largest absolute Gasteiger partial charge is 0.369 e. The standard InChI is InChI=1S/C21H32ClIN4/c1-17(14-22)15-27(2)16-20-25-19-11-7-6-10-18(19)21(26-20)24-13-9-5-3-4-8-12-23/h6-7,10-11,17H,3-5,8-9,12-16H2,1-2H3,(H,24,25,26). The maximum Gasteiger partial charge on any atom is 0.145 e. The van der Waals surface area contributed by atoms with Crippen LogP contribution in [0, 0.1) is 5.92 Å². The Morgan fingerprint density at radius 3 is 2.63 bits per heavy atom. The van der Waals surface area contributed by atoms with E-state index in [4.69, 9.17) is 21.6 Å². The summed E-state index contributed by atoms with van der Waals surface area (Å²) in [6, 6.07) is 8.25. The van der Waals surface area contributed by atoms with E-state index < -0.39 is 0 Å². The average molecular weight is 503 g/mol. The van der Waals surface area contributed by atoms with Crippen LogP contribution in [-0.4, -0.2) is 45.3 Å². The molecule has 27 heavy (non-hydrogen) atoms. The highest BCUT2D eigenvalue weighted by atomic mass is 127. The minimum absolute atomic E-state index is 0.460. The van der Waals surface area contributed by atoms with Crippen molar-refractivity contribution in [2.45, 2.75) is 45.6 Å². The van der Waals surface area contributed by atoms with Gasteiger partial charge in [0.2, 0.25) is 0 Å². The third-order valence-corrected chi connectivity index (χ3v) is 5.84. The molecule has 1 aromatic carbocycles. The van der Waals surface area contributed by atoms with Crippen LogP contribution in [0.2, 0.25) is 0 Å². The first-order valence-electron chi connectivity index (χ1n) is 9.94. The molecule has 0 spiro atoms. The summed E-state index contributed by atoms with van der Waals surface area (Å²) in [5.74, 6) is 2.96. The van der Waals surface area contributed by atoms with Crippen LogP contribution in [0.25, 0.3) is 10.9 Å². The van der Waals surface area contributed by atoms with E-state index in [1.807, 2.05) is 6.07 Å². The first-order chi connectivity index (χ1) is 13.1. The van der Waals surface area contributed by atoms with Crippen molar-refractivity contribution in [2.24, 2.45) is 5.92 Å². The van der Waals surface area contributed by atoms with Gasteiger partial charge in [0, 0.05) is 24.4 Å². The molecule has 0 aliphatic carbocycles. The fraction of sp³-hybridized carbons (Fsp3) is 0.619. The van der Waals surface area contributed by atoms with Gasteiger partial charge in [-0.2, -0.15) is 0 Å². The summed E-state index contributed by atoms with van der Waals surface area (Å²) in [5.41, 5.74) is 1.01. The molecule has 0 bridgehead atoms. The van der Waals surface area contributed by atoms with Crippen molar-refractivity contribution >= 4 is 50.9 Å². The number of alkyl halides is 2. The van der Waals surface area contributed by atoms with Crippen LogP contribution in [-0.2, 0) is 6.54 Å². The van der Waals surface area contributed by atoms with Gasteiger partial charge in [-0.1, -0.05) is 60.9 Å². The Morgan fingerprint density at radius 2 is 1.85 bits per heavy atom. The zero-order valence-electron chi connectivity index (χ0n) is 16.6. The van der Waals surface area contributed by atoms with Gasteiger partial charge in [0.25, 0.3) is 0 Å². The number of halogens is 2. The molecule has 1 aromatic heterocycles. The summed E-state index contributed by atoms with van der Waals surface area (Å²) in [6.45, 7) is 4.80. The van der Waals surface area contributed by atoms with Crippen molar-refractivity contribution in [1.82, 2.24) is 14.9 Å². The van der Waals surface area contributed by atoms with E-state index >= 15 is 0 Å². The minimum Gasteiger partial charge on any atom is -0.369 e. The monoisotopic (exact) mass is 502 g/mol. The summed E-state index contributed by atoms with van der Waals surface area (Å²) in [6.07, 6.45) is 6.46. The number of hydrogen-bond acceptors (Lipinski definition) is 4. The van der Waals surface area contributed by atoms with Crippen LogP contribution in [0.5, 0.6) is 0 Å². The van der Waals surface area contributed by atoms with Crippen LogP contribution in [0.15, 0.2) is 24.3 Å². The number of nitrogens with zero attached hydrogens (tertiary/aromatic N) is 3. The van der Waals surface area contributed by atoms with Crippen molar-refractivity contribution in [3.63, 3.8) is 0 Å². The Morgan fingerprint density at radius 1 is 1.11 bits per heavy atom. The van der Waals surface area contributed by atoms with Gasteiger partial charge in [0.05, 0.1) is 12.1 Å². The van der Waals surface area contributed by atoms with Crippen molar-refractivity contribution in [3.8, 4) is 0 Å². The fourth-order valence-electron chi connectivity index (χ4n) is 3.17. The highest BCUT2D eigenvalue weighted by molar-refractivity contribution is 14.1. The van der Waals surface area contributed by atoms with Gasteiger partial charge in [0.15, 0.2) is 0 Å². The average Bonchev–Trinajstić information content (AvgIpc) is 2.66. The molecule has 1 N–H and O–H groups in total. The van der Waals surface area contributed by atoms with Crippen LogP contribution in [0.3, 0.4) is 0 Å². The van der Waals surface area contributed by atoms with Gasteiger partial charge in [0.1, 0.15) is 11.6 Å². The van der Waals surface area contributed by atoms with E-state index in [1.165, 1.54) is 36.5 Å². The maximum atomic E-state index is 5.94. The lowest BCUT2D eigenvalue weighted by Gasteiger charge is -2.19. The molecule has 2 rings (SSSR count). The Kier molecular flexibility index (Phi) is 10.7. The molecule has 6 heteroatoms. The second-order valence-electron chi connectivity index (χ2n) is 7.35. The molecule has 0 radical (unpaired) electrons. The second-order valence-corrected chi connectivity index (χ2v) is 8.73. The Bertz CT molecular complexity index is 682. The Hall–Kier alpha value is -0.660. The first-order valence-corrected chi connectivity index (χ1v) is 12.0. The number of unbranched alkanes of at least 4 members (excludes halogenated alkanes) is 4. The second kappa shape index (κ2) is 12.7. The molecular formula is C21H32ClIN4. The van der Waals surface area contributed by atoms with E-state index in [9.17, 15) is 0 Å². The number of fused-ring (bicyclic) bond motifs is 1. The number of nitrogens with one attached hydrogen (secondary N) is 1. The summed E-state index contributed by atoms with van der Waals surface area (Å²) < 4.78 is 1.27. The third kappa shape index (κ3) is 8.08. The van der Waals surface area contributed by atoms with Crippen LogP contribution in [0.1, 0.15) is 44.9 Å². The number of anilines is 1. The predicted octanol–water partition coefficient (Wildman–Crippen LogP) is 5.73. The van der Waals surface area contributed by atoms with Gasteiger partial charge in [-0.25, -0.2) is 9.97 Å². The predicted molar refractivity (Wildman–Crippen MR) is 126 cm³/mol. The lowest BCUT2D eigenvalue weighted by atomic mass is 10.1. The Balaban J connectivity index is 1.99. The molecule has 0 saturated carbocycles. The highest BCUT2D eigenvalue weighted by Crippen LogP contribution is 2.21. The number of aromatic nitrogens is 2. The van der Waals surface area contributed by atoms with Gasteiger partial charge in [-0.05, 0) is 42.4 Å². The number of hydrogen-bond donors (Lipinski definition) is 1.